The van der Waals surface area contributed by atoms with Gasteiger partial charge in [0.15, 0.2) is 11.4 Å². The van der Waals surface area contributed by atoms with Gasteiger partial charge in [-0.1, -0.05) is 36.8 Å². The summed E-state index contributed by atoms with van der Waals surface area (Å²) in [6, 6.07) is 16.7. The van der Waals surface area contributed by atoms with Crippen LogP contribution in [0.15, 0.2) is 77.7 Å². The van der Waals surface area contributed by atoms with Crippen molar-refractivity contribution in [2.45, 2.75) is 83.1 Å². The number of amides is 3. The fraction of sp³-hybridized carbons (Fsp3) is 0.409. The van der Waals surface area contributed by atoms with Gasteiger partial charge in [-0.2, -0.15) is 5.10 Å². The van der Waals surface area contributed by atoms with Crippen LogP contribution in [-0.4, -0.2) is 57.1 Å². The maximum atomic E-state index is 14.1. The lowest BCUT2D eigenvalue weighted by Gasteiger charge is -2.29. The highest BCUT2D eigenvalue weighted by molar-refractivity contribution is 6.11. The van der Waals surface area contributed by atoms with Gasteiger partial charge in [0.05, 0.1) is 23.7 Å². The lowest BCUT2D eigenvalue weighted by Crippen LogP contribution is -2.37. The number of benzene rings is 2. The van der Waals surface area contributed by atoms with Gasteiger partial charge in [0.25, 0.3) is 18.2 Å². The van der Waals surface area contributed by atoms with Gasteiger partial charge in [-0.15, -0.1) is 0 Å². The number of hydrogen-bond donors (Lipinski definition) is 4. The molecule has 0 unspecified atom stereocenters. The Morgan fingerprint density at radius 3 is 2.58 bits per heavy atom. The van der Waals surface area contributed by atoms with Crippen LogP contribution in [0.1, 0.15) is 108 Å². The molecule has 0 radical (unpaired) electrons. The van der Waals surface area contributed by atoms with Crippen LogP contribution in [0.2, 0.25) is 0 Å². The van der Waals surface area contributed by atoms with Crippen molar-refractivity contribution in [2.75, 3.05) is 30.3 Å². The molecule has 308 valence electrons. The summed E-state index contributed by atoms with van der Waals surface area (Å²) in [5, 5.41) is 16.1. The summed E-state index contributed by atoms with van der Waals surface area (Å²) in [4.78, 5) is 46.2. The van der Waals surface area contributed by atoms with Crippen LogP contribution in [0.5, 0.6) is 11.5 Å². The normalized spacial score (nSPS) is 17.7. The molecule has 1 aliphatic heterocycles. The van der Waals surface area contributed by atoms with Crippen LogP contribution in [0.3, 0.4) is 0 Å². The van der Waals surface area contributed by atoms with E-state index < -0.39 is 23.9 Å². The first-order valence-electron chi connectivity index (χ1n) is 20.5. The molecule has 2 aliphatic carbocycles. The third-order valence-corrected chi connectivity index (χ3v) is 11.3. The lowest BCUT2D eigenvalue weighted by atomic mass is 9.86. The second-order valence-electron chi connectivity index (χ2n) is 15.7. The number of aromatic nitrogens is 4. The van der Waals surface area contributed by atoms with Gasteiger partial charge < -0.3 is 25.1 Å². The molecule has 2 aromatic carbocycles. The van der Waals surface area contributed by atoms with Crippen LogP contribution < -0.4 is 26.0 Å². The number of pyridine rings is 1. The molecule has 0 atom stereocenters. The molecule has 0 bridgehead atoms. The topological polar surface area (TPSA) is 165 Å². The number of carbonyl (C=O) groups excluding carboxylic acids is 3. The Kier molecular flexibility index (Phi) is 12.4. The predicted octanol–water partition coefficient (Wildman–Crippen LogP) is 8.28. The summed E-state index contributed by atoms with van der Waals surface area (Å²) in [7, 11) is 0. The fourth-order valence-electron chi connectivity index (χ4n) is 7.84. The van der Waals surface area contributed by atoms with Crippen molar-refractivity contribution in [3.8, 4) is 23.0 Å². The molecule has 3 amide bonds. The molecule has 2 fully saturated rings. The van der Waals surface area contributed by atoms with Crippen molar-refractivity contribution in [3.05, 3.63) is 101 Å². The van der Waals surface area contributed by atoms with E-state index in [1.807, 2.05) is 24.3 Å². The summed E-state index contributed by atoms with van der Waals surface area (Å²) in [6.45, 7) is 2.64. The predicted molar refractivity (Wildman–Crippen MR) is 217 cm³/mol. The number of fused-ring (bicyclic) bond motifs is 1. The zero-order valence-corrected chi connectivity index (χ0v) is 32.7. The van der Waals surface area contributed by atoms with Gasteiger partial charge in [-0.3, -0.25) is 24.4 Å². The number of alkyl halides is 2. The van der Waals surface area contributed by atoms with E-state index in [0.29, 0.717) is 45.8 Å². The number of imide groups is 1. The van der Waals surface area contributed by atoms with E-state index in [-0.39, 0.29) is 35.6 Å². The van der Waals surface area contributed by atoms with Crippen LogP contribution >= 0.6 is 0 Å². The molecule has 8 rings (SSSR count). The second kappa shape index (κ2) is 18.3. The standard InChI is InChI=1S/C44H48F2N8O5/c45-41(46)40-33(50-42(56)34-26-58-44(51-34)31-18-20-48-37(21-31)49-24-28-12-13-28)25-54(53-40)32-16-14-27(15-17-32)23-47-19-5-1-2-7-29-8-3-4-10-35(29)59-36-11-6-9-30-22-38(55)52-43(57)39(30)36/h3-4,6,8-11,18,20-21,25-28,32,41,47H,1-2,5,7,12-17,19,22-24H2,(H,48,49)(H,50,56)(H,52,55,57). The number of oxazole rings is 1. The SMILES string of the molecule is O=C1Cc2cccc(Oc3ccccc3CCCCCNCC3CCC(n4cc(NC(=O)c5coc(-c6ccnc(NCC7CC7)c6)n5)c(C(F)F)n4)CC3)c2C(=O)N1. The first kappa shape index (κ1) is 39.8. The number of halogens is 2. The molecular weight excluding hydrogens is 759 g/mol. The van der Waals surface area contributed by atoms with E-state index in [1.54, 1.807) is 41.2 Å². The molecule has 4 heterocycles. The van der Waals surface area contributed by atoms with E-state index in [0.717, 1.165) is 76.6 Å². The highest BCUT2D eigenvalue weighted by atomic mass is 19.3. The summed E-state index contributed by atoms with van der Waals surface area (Å²) in [5.41, 5.74) is 2.25. The van der Waals surface area contributed by atoms with Gasteiger partial charge in [-0.25, -0.2) is 18.7 Å². The maximum absolute atomic E-state index is 14.1. The number of carbonyl (C=O) groups is 3. The van der Waals surface area contributed by atoms with E-state index in [2.05, 4.69) is 36.3 Å². The van der Waals surface area contributed by atoms with Crippen LogP contribution in [0.25, 0.3) is 11.5 Å². The number of aryl methyl sites for hydroxylation is 1. The summed E-state index contributed by atoms with van der Waals surface area (Å²) < 4.78 is 41.6. The molecule has 0 spiro atoms. The van der Waals surface area contributed by atoms with Gasteiger partial charge >= 0.3 is 0 Å². The Morgan fingerprint density at radius 1 is 0.949 bits per heavy atom. The van der Waals surface area contributed by atoms with Gasteiger partial charge in [0.1, 0.15) is 23.6 Å². The largest absolute Gasteiger partial charge is 0.456 e. The van der Waals surface area contributed by atoms with Gasteiger partial charge in [0, 0.05) is 24.5 Å². The van der Waals surface area contributed by atoms with Crippen molar-refractivity contribution in [1.82, 2.24) is 30.4 Å². The number of unbranched alkanes of at least 4 members (excludes halogenated alkanes) is 2. The van der Waals surface area contributed by atoms with E-state index >= 15 is 0 Å². The lowest BCUT2D eigenvalue weighted by molar-refractivity contribution is -0.119. The zero-order chi connectivity index (χ0) is 40.7. The molecule has 5 aromatic rings. The third-order valence-electron chi connectivity index (χ3n) is 11.3. The maximum Gasteiger partial charge on any atom is 0.284 e. The number of rotatable bonds is 18. The quantitative estimate of drug-likeness (QED) is 0.0500. The fourth-order valence-corrected chi connectivity index (χ4v) is 7.84. The summed E-state index contributed by atoms with van der Waals surface area (Å²) in [6.07, 6.45) is 11.4. The van der Waals surface area contributed by atoms with Crippen LogP contribution in [0, 0.1) is 11.8 Å². The Bertz CT molecular complexity index is 2280. The molecule has 3 aromatic heterocycles. The van der Waals surface area contributed by atoms with E-state index in [1.165, 1.54) is 25.3 Å². The Labute approximate surface area is 340 Å². The minimum absolute atomic E-state index is 0.0271. The molecule has 13 nitrogen and oxygen atoms in total. The average molecular weight is 807 g/mol. The number of nitrogens with zero attached hydrogens (tertiary/aromatic N) is 4. The smallest absolute Gasteiger partial charge is 0.284 e. The summed E-state index contributed by atoms with van der Waals surface area (Å²) >= 11 is 0. The zero-order valence-electron chi connectivity index (χ0n) is 32.7. The van der Waals surface area contributed by atoms with Crippen molar-refractivity contribution in [1.29, 1.82) is 0 Å². The number of anilines is 2. The first-order chi connectivity index (χ1) is 28.8. The second-order valence-corrected chi connectivity index (χ2v) is 15.7. The Hall–Kier alpha value is -5.96. The minimum atomic E-state index is -2.86. The minimum Gasteiger partial charge on any atom is -0.456 e. The van der Waals surface area contributed by atoms with Crippen LogP contribution in [0.4, 0.5) is 20.3 Å². The molecule has 59 heavy (non-hydrogen) atoms. The highest BCUT2D eigenvalue weighted by Gasteiger charge is 2.29. The Balaban J connectivity index is 0.760. The molecule has 0 saturated heterocycles. The number of hydrogen-bond acceptors (Lipinski definition) is 10. The third kappa shape index (κ3) is 10.0. The van der Waals surface area contributed by atoms with Crippen molar-refractivity contribution < 1.29 is 32.3 Å². The monoisotopic (exact) mass is 806 g/mol. The average Bonchev–Trinajstić information content (AvgIpc) is 3.75. The highest BCUT2D eigenvalue weighted by Crippen LogP contribution is 2.36. The van der Waals surface area contributed by atoms with E-state index in [9.17, 15) is 23.2 Å². The first-order valence-corrected chi connectivity index (χ1v) is 20.5. The van der Waals surface area contributed by atoms with E-state index in [4.69, 9.17) is 9.15 Å². The van der Waals surface area contributed by atoms with Crippen molar-refractivity contribution in [2.24, 2.45) is 11.8 Å². The number of nitrogens with one attached hydrogen (secondary N) is 4. The van der Waals surface area contributed by atoms with Crippen molar-refractivity contribution >= 4 is 29.2 Å². The van der Waals surface area contributed by atoms with Gasteiger partial charge in [0.2, 0.25) is 11.8 Å². The van der Waals surface area contributed by atoms with Crippen molar-refractivity contribution in [3.63, 3.8) is 0 Å². The summed E-state index contributed by atoms with van der Waals surface area (Å²) in [5.74, 6) is 1.82. The molecular formula is C44H48F2N8O5. The van der Waals surface area contributed by atoms with Gasteiger partial charge in [-0.05, 0) is 118 Å². The molecule has 3 aliphatic rings. The number of para-hydroxylation sites is 1. The Morgan fingerprint density at radius 2 is 1.75 bits per heavy atom. The number of ether oxygens (including phenoxy) is 1. The molecule has 4 N–H and O–H groups in total. The molecule has 2 saturated carbocycles. The molecule has 15 heteroatoms. The van der Waals surface area contributed by atoms with Crippen LogP contribution in [-0.2, 0) is 17.6 Å².